The number of unbranched alkanes of at least 4 members (excludes halogenated alkanes) is 2. The number of hydrogen-bond acceptors (Lipinski definition) is 4. The number of rotatable bonds is 10. The van der Waals surface area contributed by atoms with Crippen LogP contribution >= 0.6 is 0 Å². The van der Waals surface area contributed by atoms with E-state index in [0.29, 0.717) is 11.6 Å². The third kappa shape index (κ3) is 7.38. The molecule has 0 spiro atoms. The minimum atomic E-state index is -0.0597. The Labute approximate surface area is 212 Å². The zero-order valence-corrected chi connectivity index (χ0v) is 21.9. The summed E-state index contributed by atoms with van der Waals surface area (Å²) >= 11 is 0. The highest BCUT2D eigenvalue weighted by Crippen LogP contribution is 2.42. The van der Waals surface area contributed by atoms with Crippen LogP contribution in [0.2, 0.25) is 0 Å². The Morgan fingerprint density at radius 2 is 1.46 bits per heavy atom. The van der Waals surface area contributed by atoms with Gasteiger partial charge in [-0.15, -0.1) is 0 Å². The number of carbonyl (C=O) groups is 1. The zero-order chi connectivity index (χ0) is 24.5. The molecule has 0 bridgehead atoms. The minimum Gasteiger partial charge on any atom is -0.426 e. The summed E-state index contributed by atoms with van der Waals surface area (Å²) in [6, 6.07) is 7.62. The van der Waals surface area contributed by atoms with Gasteiger partial charge in [0.05, 0.1) is 5.92 Å². The number of benzene rings is 1. The molecule has 0 aliphatic heterocycles. The maximum atomic E-state index is 12.8. The summed E-state index contributed by atoms with van der Waals surface area (Å²) in [4.78, 5) is 21.9. The molecule has 190 valence electrons. The quantitative estimate of drug-likeness (QED) is 0.197. The average molecular weight is 477 g/mol. The van der Waals surface area contributed by atoms with Crippen LogP contribution in [0.15, 0.2) is 36.7 Å². The van der Waals surface area contributed by atoms with E-state index in [0.717, 1.165) is 42.6 Å². The van der Waals surface area contributed by atoms with E-state index in [2.05, 4.69) is 23.8 Å². The van der Waals surface area contributed by atoms with Gasteiger partial charge >= 0.3 is 5.97 Å². The van der Waals surface area contributed by atoms with Gasteiger partial charge in [0.2, 0.25) is 0 Å². The predicted molar refractivity (Wildman–Crippen MR) is 142 cm³/mol. The van der Waals surface area contributed by atoms with Crippen molar-refractivity contribution in [3.63, 3.8) is 0 Å². The Morgan fingerprint density at radius 1 is 0.829 bits per heavy atom. The highest BCUT2D eigenvalue weighted by Gasteiger charge is 2.33. The number of nitrogens with zero attached hydrogens (tertiary/aromatic N) is 2. The summed E-state index contributed by atoms with van der Waals surface area (Å²) < 4.78 is 5.76. The van der Waals surface area contributed by atoms with Gasteiger partial charge in [-0.05, 0) is 98.9 Å². The van der Waals surface area contributed by atoms with Crippen LogP contribution in [0.3, 0.4) is 0 Å². The zero-order valence-electron chi connectivity index (χ0n) is 21.9. The van der Waals surface area contributed by atoms with Crippen molar-refractivity contribution >= 4 is 5.97 Å². The van der Waals surface area contributed by atoms with Crippen molar-refractivity contribution in [1.82, 2.24) is 9.97 Å². The van der Waals surface area contributed by atoms with Crippen LogP contribution in [0.5, 0.6) is 5.75 Å². The van der Waals surface area contributed by atoms with Gasteiger partial charge in [-0.2, -0.15) is 0 Å². The van der Waals surface area contributed by atoms with Crippen molar-refractivity contribution in [2.24, 2.45) is 23.7 Å². The Kier molecular flexibility index (Phi) is 9.74. The van der Waals surface area contributed by atoms with Crippen LogP contribution in [0.4, 0.5) is 0 Å². The molecule has 35 heavy (non-hydrogen) atoms. The maximum Gasteiger partial charge on any atom is 0.314 e. The number of aryl methyl sites for hydroxylation is 1. The van der Waals surface area contributed by atoms with Crippen molar-refractivity contribution < 1.29 is 9.53 Å². The molecular weight excluding hydrogens is 432 g/mol. The molecule has 1 aromatic carbocycles. The SMILES string of the molecule is CCCCCc1cnc(-c2ccc(OC(=O)[C@H]3CC[C@H]([C@H]4CC[C@H](CCC)CC4)CC3)cc2)nc1. The molecule has 1 heterocycles. The van der Waals surface area contributed by atoms with Crippen molar-refractivity contribution in [3.05, 3.63) is 42.2 Å². The molecule has 4 nitrogen and oxygen atoms in total. The molecule has 0 saturated heterocycles. The average Bonchev–Trinajstić information content (AvgIpc) is 2.90. The molecule has 4 rings (SSSR count). The van der Waals surface area contributed by atoms with E-state index in [1.54, 1.807) is 0 Å². The number of esters is 1. The largest absolute Gasteiger partial charge is 0.426 e. The van der Waals surface area contributed by atoms with E-state index in [1.165, 1.54) is 76.2 Å². The van der Waals surface area contributed by atoms with Crippen molar-refractivity contribution in [3.8, 4) is 17.1 Å². The Hall–Kier alpha value is -2.23. The second kappa shape index (κ2) is 13.2. The third-order valence-corrected chi connectivity index (χ3v) is 8.47. The maximum absolute atomic E-state index is 12.8. The van der Waals surface area contributed by atoms with Gasteiger partial charge in [0.25, 0.3) is 0 Å². The monoisotopic (exact) mass is 476 g/mol. The van der Waals surface area contributed by atoms with Gasteiger partial charge in [-0.1, -0.05) is 52.4 Å². The fourth-order valence-corrected chi connectivity index (χ4v) is 6.27. The number of ether oxygens (including phenoxy) is 1. The summed E-state index contributed by atoms with van der Waals surface area (Å²) in [5.74, 6) is 3.99. The first-order valence-corrected chi connectivity index (χ1v) is 14.3. The Bertz CT molecular complexity index is 893. The standard InChI is InChI=1S/C31H44N2O2/c1-3-5-6-8-24-21-32-30(33-22-24)27-17-19-29(20-18-27)35-31(34)28-15-13-26(14-16-28)25-11-9-23(7-4-2)10-12-25/h17-23,25-26,28H,3-16H2,1-2H3/t23-,25-,26-,28-. The lowest BCUT2D eigenvalue weighted by atomic mass is 9.69. The molecule has 0 amide bonds. The van der Waals surface area contributed by atoms with Crippen molar-refractivity contribution in [2.75, 3.05) is 0 Å². The van der Waals surface area contributed by atoms with Crippen LogP contribution in [0.25, 0.3) is 11.4 Å². The number of carbonyl (C=O) groups excluding carboxylic acids is 1. The van der Waals surface area contributed by atoms with Gasteiger partial charge in [0.15, 0.2) is 5.82 Å². The van der Waals surface area contributed by atoms with Crippen LogP contribution in [0.1, 0.15) is 103 Å². The van der Waals surface area contributed by atoms with Gasteiger partial charge in [0, 0.05) is 18.0 Å². The summed E-state index contributed by atoms with van der Waals surface area (Å²) in [6.07, 6.45) is 21.3. The molecule has 0 N–H and O–H groups in total. The van der Waals surface area contributed by atoms with Crippen LogP contribution < -0.4 is 4.74 Å². The summed E-state index contributed by atoms with van der Waals surface area (Å²) in [6.45, 7) is 4.52. The van der Waals surface area contributed by atoms with Gasteiger partial charge in [-0.3, -0.25) is 4.79 Å². The summed E-state index contributed by atoms with van der Waals surface area (Å²) in [5.41, 5.74) is 2.13. The van der Waals surface area contributed by atoms with Crippen LogP contribution in [-0.2, 0) is 11.2 Å². The lowest BCUT2D eigenvalue weighted by molar-refractivity contribution is -0.140. The first-order chi connectivity index (χ1) is 17.2. The number of aromatic nitrogens is 2. The lowest BCUT2D eigenvalue weighted by Crippen LogP contribution is -2.30. The predicted octanol–water partition coefficient (Wildman–Crippen LogP) is 8.19. The van der Waals surface area contributed by atoms with E-state index >= 15 is 0 Å². The third-order valence-electron chi connectivity index (χ3n) is 8.47. The van der Waals surface area contributed by atoms with Gasteiger partial charge in [0.1, 0.15) is 5.75 Å². The van der Waals surface area contributed by atoms with E-state index < -0.39 is 0 Å². The smallest absolute Gasteiger partial charge is 0.314 e. The molecule has 4 heteroatoms. The molecule has 0 atom stereocenters. The van der Waals surface area contributed by atoms with E-state index in [9.17, 15) is 4.79 Å². The highest BCUT2D eigenvalue weighted by molar-refractivity contribution is 5.75. The molecular formula is C31H44N2O2. The van der Waals surface area contributed by atoms with E-state index in [-0.39, 0.29) is 11.9 Å². The summed E-state index contributed by atoms with van der Waals surface area (Å²) in [7, 11) is 0. The molecule has 0 radical (unpaired) electrons. The van der Waals surface area contributed by atoms with Crippen LogP contribution in [0, 0.1) is 23.7 Å². The van der Waals surface area contributed by atoms with Crippen LogP contribution in [-0.4, -0.2) is 15.9 Å². The molecule has 2 fully saturated rings. The second-order valence-corrected chi connectivity index (χ2v) is 11.0. The fraction of sp³-hybridized carbons (Fsp3) is 0.645. The highest BCUT2D eigenvalue weighted by atomic mass is 16.5. The lowest BCUT2D eigenvalue weighted by Gasteiger charge is -2.37. The fourth-order valence-electron chi connectivity index (χ4n) is 6.27. The molecule has 0 unspecified atom stereocenters. The van der Waals surface area contributed by atoms with Gasteiger partial charge < -0.3 is 4.74 Å². The minimum absolute atomic E-state index is 0.0472. The van der Waals surface area contributed by atoms with Crippen molar-refractivity contribution in [1.29, 1.82) is 0 Å². The second-order valence-electron chi connectivity index (χ2n) is 11.0. The molecule has 2 aliphatic rings. The first kappa shape index (κ1) is 25.9. The normalized spacial score (nSPS) is 24.7. The molecule has 2 aromatic rings. The van der Waals surface area contributed by atoms with Gasteiger partial charge in [-0.25, -0.2) is 9.97 Å². The van der Waals surface area contributed by atoms with Crippen molar-refractivity contribution in [2.45, 2.75) is 104 Å². The Balaban J connectivity index is 1.22. The molecule has 2 aliphatic carbocycles. The van der Waals surface area contributed by atoms with E-state index in [1.807, 2.05) is 36.7 Å². The topological polar surface area (TPSA) is 52.1 Å². The number of hydrogen-bond donors (Lipinski definition) is 0. The molecule has 2 saturated carbocycles. The first-order valence-electron chi connectivity index (χ1n) is 14.3. The molecule has 1 aromatic heterocycles. The summed E-state index contributed by atoms with van der Waals surface area (Å²) in [5, 5.41) is 0. The van der Waals surface area contributed by atoms with E-state index in [4.69, 9.17) is 4.74 Å². The Morgan fingerprint density at radius 3 is 2.06 bits per heavy atom.